The first kappa shape index (κ1) is 12.0. The molecule has 2 aromatic rings. The van der Waals surface area contributed by atoms with E-state index < -0.39 is 10.0 Å². The molecule has 0 amide bonds. The zero-order chi connectivity index (χ0) is 12.8. The van der Waals surface area contributed by atoms with E-state index in [-0.39, 0.29) is 6.04 Å². The first-order valence-electron chi connectivity index (χ1n) is 5.81. The average molecular weight is 282 g/mol. The second-order valence-corrected chi connectivity index (χ2v) is 7.42. The Hall–Kier alpha value is -1.11. The van der Waals surface area contributed by atoms with Gasteiger partial charge in [-0.2, -0.15) is 4.31 Å². The smallest absolute Gasteiger partial charge is 0.253 e. The number of nitrogens with zero attached hydrogens (tertiary/aromatic N) is 2. The summed E-state index contributed by atoms with van der Waals surface area (Å²) in [5.41, 5.74) is 1.06. The maximum absolute atomic E-state index is 12.5. The summed E-state index contributed by atoms with van der Waals surface area (Å²) in [6.45, 7) is 3.19. The average Bonchev–Trinajstić information content (AvgIpc) is 3.00. The predicted octanol–water partition coefficient (Wildman–Crippen LogP) is 2.32. The third-order valence-electron chi connectivity index (χ3n) is 3.34. The molecule has 0 aromatic carbocycles. The van der Waals surface area contributed by atoms with Crippen LogP contribution in [-0.2, 0) is 16.6 Å². The molecule has 0 radical (unpaired) electrons. The van der Waals surface area contributed by atoms with Crippen LogP contribution in [0.5, 0.6) is 0 Å². The molecule has 1 aliphatic heterocycles. The maximum atomic E-state index is 12.5. The number of rotatable bonds is 2. The largest absolute Gasteiger partial charge is 0.349 e. The Bertz CT molecular complexity index is 643. The summed E-state index contributed by atoms with van der Waals surface area (Å²) >= 11 is 1.27. The lowest BCUT2D eigenvalue weighted by molar-refractivity contribution is 0.283. The molecule has 0 spiro atoms. The summed E-state index contributed by atoms with van der Waals surface area (Å²) in [5, 5.41) is 1.80. The van der Waals surface area contributed by atoms with Gasteiger partial charge in [0.25, 0.3) is 10.0 Å². The van der Waals surface area contributed by atoms with E-state index in [1.807, 2.05) is 25.3 Å². The van der Waals surface area contributed by atoms with Crippen molar-refractivity contribution in [1.29, 1.82) is 0 Å². The molecule has 3 heterocycles. The van der Waals surface area contributed by atoms with Crippen molar-refractivity contribution in [2.45, 2.75) is 23.7 Å². The molecule has 0 bridgehead atoms. The highest BCUT2D eigenvalue weighted by atomic mass is 32.2. The molecule has 18 heavy (non-hydrogen) atoms. The van der Waals surface area contributed by atoms with Crippen molar-refractivity contribution in [2.75, 3.05) is 6.54 Å². The van der Waals surface area contributed by atoms with Gasteiger partial charge in [0.15, 0.2) is 0 Å². The molecule has 6 heteroatoms. The van der Waals surface area contributed by atoms with Crippen molar-refractivity contribution in [3.05, 3.63) is 41.5 Å². The van der Waals surface area contributed by atoms with Gasteiger partial charge in [-0.3, -0.25) is 0 Å². The first-order valence-corrected chi connectivity index (χ1v) is 8.13. The van der Waals surface area contributed by atoms with Crippen LogP contribution in [0.25, 0.3) is 0 Å². The number of hydrogen-bond donors (Lipinski definition) is 0. The summed E-state index contributed by atoms with van der Waals surface area (Å²) < 4.78 is 29.2. The van der Waals surface area contributed by atoms with Crippen LogP contribution in [0.3, 0.4) is 0 Å². The number of sulfonamides is 1. The minimum Gasteiger partial charge on any atom is -0.349 e. The van der Waals surface area contributed by atoms with E-state index in [2.05, 4.69) is 4.57 Å². The van der Waals surface area contributed by atoms with Crippen molar-refractivity contribution >= 4 is 21.4 Å². The van der Waals surface area contributed by atoms with Gasteiger partial charge < -0.3 is 4.57 Å². The lowest BCUT2D eigenvalue weighted by atomic mass is 10.2. The minimum atomic E-state index is -3.35. The topological polar surface area (TPSA) is 42.3 Å². The number of hydrogen-bond acceptors (Lipinski definition) is 3. The minimum absolute atomic E-state index is 0.110. The van der Waals surface area contributed by atoms with Gasteiger partial charge in [0.05, 0.1) is 6.04 Å². The molecule has 4 nitrogen and oxygen atoms in total. The quantitative estimate of drug-likeness (QED) is 0.848. The Morgan fingerprint density at radius 1 is 1.28 bits per heavy atom. The van der Waals surface area contributed by atoms with Crippen molar-refractivity contribution in [3.63, 3.8) is 0 Å². The highest BCUT2D eigenvalue weighted by Crippen LogP contribution is 2.32. The van der Waals surface area contributed by atoms with E-state index in [0.29, 0.717) is 10.8 Å². The van der Waals surface area contributed by atoms with E-state index >= 15 is 0 Å². The van der Waals surface area contributed by atoms with Gasteiger partial charge in [0, 0.05) is 25.0 Å². The molecule has 3 rings (SSSR count). The zero-order valence-corrected chi connectivity index (χ0v) is 11.6. The van der Waals surface area contributed by atoms with Crippen LogP contribution in [0.2, 0.25) is 0 Å². The van der Waals surface area contributed by atoms with E-state index in [1.54, 1.807) is 21.8 Å². The second-order valence-electron chi connectivity index (χ2n) is 4.35. The fourth-order valence-corrected chi connectivity index (χ4v) is 5.13. The Morgan fingerprint density at radius 3 is 2.83 bits per heavy atom. The molecule has 96 valence electrons. The molecule has 1 atom stereocenters. The zero-order valence-electron chi connectivity index (χ0n) is 9.98. The number of fused-ring (bicyclic) bond motifs is 1. The molecule has 0 unspecified atom stereocenters. The Morgan fingerprint density at radius 2 is 2.11 bits per heavy atom. The SMILES string of the molecule is C[C@H]1c2cccn2CCN1S(=O)(=O)c1cccs1. The van der Waals surface area contributed by atoms with Crippen LogP contribution in [0.1, 0.15) is 18.7 Å². The number of thiophene rings is 1. The summed E-state index contributed by atoms with van der Waals surface area (Å²) in [6.07, 6.45) is 2.00. The highest BCUT2D eigenvalue weighted by Gasteiger charge is 2.34. The van der Waals surface area contributed by atoms with Crippen molar-refractivity contribution in [1.82, 2.24) is 8.87 Å². The van der Waals surface area contributed by atoms with Crippen LogP contribution in [0.4, 0.5) is 0 Å². The summed E-state index contributed by atoms with van der Waals surface area (Å²) in [7, 11) is -3.35. The molecule has 0 saturated heterocycles. The molecule has 0 fully saturated rings. The van der Waals surface area contributed by atoms with Gasteiger partial charge in [0.2, 0.25) is 0 Å². The Kier molecular flexibility index (Phi) is 2.80. The molecule has 0 saturated carbocycles. The van der Waals surface area contributed by atoms with E-state index in [0.717, 1.165) is 12.2 Å². The highest BCUT2D eigenvalue weighted by molar-refractivity contribution is 7.91. The normalized spacial score (nSPS) is 20.8. The lowest BCUT2D eigenvalue weighted by Crippen LogP contribution is -2.40. The third kappa shape index (κ3) is 1.72. The van der Waals surface area contributed by atoms with E-state index in [9.17, 15) is 8.42 Å². The van der Waals surface area contributed by atoms with Crippen LogP contribution < -0.4 is 0 Å². The molecule has 0 N–H and O–H groups in total. The summed E-state index contributed by atoms with van der Waals surface area (Å²) in [5.74, 6) is 0. The number of aromatic nitrogens is 1. The van der Waals surface area contributed by atoms with Crippen molar-refractivity contribution in [3.8, 4) is 0 Å². The summed E-state index contributed by atoms with van der Waals surface area (Å²) in [4.78, 5) is 0. The van der Waals surface area contributed by atoms with Gasteiger partial charge >= 0.3 is 0 Å². The molecule has 0 aliphatic carbocycles. The second kappa shape index (κ2) is 4.22. The van der Waals surface area contributed by atoms with Crippen LogP contribution in [-0.4, -0.2) is 23.8 Å². The fourth-order valence-electron chi connectivity index (χ4n) is 2.41. The Labute approximate surface area is 111 Å². The summed E-state index contributed by atoms with van der Waals surface area (Å²) in [6, 6.07) is 7.28. The fraction of sp³-hybridized carbons (Fsp3) is 0.333. The monoisotopic (exact) mass is 282 g/mol. The van der Waals surface area contributed by atoms with Crippen molar-refractivity contribution in [2.24, 2.45) is 0 Å². The van der Waals surface area contributed by atoms with Gasteiger partial charge in [-0.25, -0.2) is 8.42 Å². The van der Waals surface area contributed by atoms with Gasteiger partial charge in [-0.1, -0.05) is 6.07 Å². The molecular weight excluding hydrogens is 268 g/mol. The van der Waals surface area contributed by atoms with E-state index in [1.165, 1.54) is 11.3 Å². The standard InChI is InChI=1S/C12H14N2O2S2/c1-10-11-4-2-6-13(11)7-8-14(10)18(15,16)12-5-3-9-17-12/h2-6,9-10H,7-8H2,1H3/t10-/m0/s1. The Balaban J connectivity index is 2.00. The predicted molar refractivity (Wildman–Crippen MR) is 71.1 cm³/mol. The molecule has 1 aliphatic rings. The first-order chi connectivity index (χ1) is 8.60. The van der Waals surface area contributed by atoms with Gasteiger partial charge in [-0.05, 0) is 30.5 Å². The van der Waals surface area contributed by atoms with Gasteiger partial charge in [0.1, 0.15) is 4.21 Å². The lowest BCUT2D eigenvalue weighted by Gasteiger charge is -2.33. The van der Waals surface area contributed by atoms with Crippen LogP contribution in [0.15, 0.2) is 40.1 Å². The van der Waals surface area contributed by atoms with E-state index in [4.69, 9.17) is 0 Å². The molecule has 2 aromatic heterocycles. The van der Waals surface area contributed by atoms with Crippen LogP contribution >= 0.6 is 11.3 Å². The molecular formula is C12H14N2O2S2. The maximum Gasteiger partial charge on any atom is 0.253 e. The third-order valence-corrected chi connectivity index (χ3v) is 6.69. The van der Waals surface area contributed by atoms with Crippen molar-refractivity contribution < 1.29 is 8.42 Å². The van der Waals surface area contributed by atoms with Gasteiger partial charge in [-0.15, -0.1) is 11.3 Å². The van der Waals surface area contributed by atoms with Crippen LogP contribution in [0, 0.1) is 0 Å².